The van der Waals surface area contributed by atoms with E-state index in [1.54, 1.807) is 19.1 Å². The van der Waals surface area contributed by atoms with E-state index in [1.807, 2.05) is 0 Å². The van der Waals surface area contributed by atoms with Crippen molar-refractivity contribution in [3.63, 3.8) is 0 Å². The summed E-state index contributed by atoms with van der Waals surface area (Å²) in [5.41, 5.74) is 6.99. The lowest BCUT2D eigenvalue weighted by atomic mass is 10.2. The van der Waals surface area contributed by atoms with Gasteiger partial charge in [0, 0.05) is 18.3 Å². The lowest BCUT2D eigenvalue weighted by Crippen LogP contribution is -2.33. The number of hydrogen-bond donors (Lipinski definition) is 1. The lowest BCUT2D eigenvalue weighted by Gasteiger charge is -2.21. The second-order valence-corrected chi connectivity index (χ2v) is 7.00. The summed E-state index contributed by atoms with van der Waals surface area (Å²) in [5, 5.41) is 0.210. The minimum Gasteiger partial charge on any atom is -0.398 e. The number of sulfonamides is 1. The molecule has 0 saturated heterocycles. The van der Waals surface area contributed by atoms with E-state index < -0.39 is 10.0 Å². The van der Waals surface area contributed by atoms with Crippen molar-refractivity contribution in [3.05, 3.63) is 35.4 Å². The van der Waals surface area contributed by atoms with Crippen molar-refractivity contribution in [1.29, 1.82) is 0 Å². The van der Waals surface area contributed by atoms with Gasteiger partial charge in [0.05, 0.1) is 5.02 Å². The molecule has 19 heavy (non-hydrogen) atoms. The van der Waals surface area contributed by atoms with E-state index in [2.05, 4.69) is 6.58 Å². The molecule has 1 aliphatic carbocycles. The highest BCUT2D eigenvalue weighted by molar-refractivity contribution is 7.89. The summed E-state index contributed by atoms with van der Waals surface area (Å²) in [6.45, 7) is 5.69. The molecule has 0 aromatic heterocycles. The maximum Gasteiger partial charge on any atom is 0.245 e. The lowest BCUT2D eigenvalue weighted by molar-refractivity contribution is 0.436. The van der Waals surface area contributed by atoms with Crippen LogP contribution in [0.1, 0.15) is 18.4 Å². The highest BCUT2D eigenvalue weighted by Gasteiger charge is 2.38. The Kier molecular flexibility index (Phi) is 3.90. The maximum atomic E-state index is 12.6. The molecule has 2 rings (SSSR count). The van der Waals surface area contributed by atoms with Gasteiger partial charge in [-0.15, -0.1) is 6.58 Å². The Hall–Kier alpha value is -1.04. The molecule has 0 heterocycles. The molecule has 0 spiro atoms. The van der Waals surface area contributed by atoms with Crippen molar-refractivity contribution in [3.8, 4) is 0 Å². The van der Waals surface area contributed by atoms with Crippen LogP contribution in [0.4, 0.5) is 5.69 Å². The number of rotatable bonds is 5. The molecular formula is C13H17ClN2O2S. The molecule has 0 atom stereocenters. The highest BCUT2D eigenvalue weighted by atomic mass is 35.5. The monoisotopic (exact) mass is 300 g/mol. The molecule has 0 bridgehead atoms. The largest absolute Gasteiger partial charge is 0.398 e. The Morgan fingerprint density at radius 3 is 2.68 bits per heavy atom. The normalized spacial score (nSPS) is 15.7. The molecule has 1 aromatic rings. The summed E-state index contributed by atoms with van der Waals surface area (Å²) >= 11 is 6.07. The van der Waals surface area contributed by atoms with Gasteiger partial charge in [0.25, 0.3) is 0 Å². The summed E-state index contributed by atoms with van der Waals surface area (Å²) in [6.07, 6.45) is 3.35. The molecule has 104 valence electrons. The van der Waals surface area contributed by atoms with E-state index in [0.717, 1.165) is 18.4 Å². The molecule has 1 saturated carbocycles. The van der Waals surface area contributed by atoms with Gasteiger partial charge in [-0.05, 0) is 37.5 Å². The molecule has 2 N–H and O–H groups in total. The summed E-state index contributed by atoms with van der Waals surface area (Å²) in [4.78, 5) is 0.0750. The SMILES string of the molecule is C=CCN(C1CC1)S(=O)(=O)c1cc(N)c(C)cc1Cl. The molecule has 4 nitrogen and oxygen atoms in total. The minimum atomic E-state index is -3.62. The highest BCUT2D eigenvalue weighted by Crippen LogP contribution is 2.35. The minimum absolute atomic E-state index is 0.0570. The van der Waals surface area contributed by atoms with Crippen LogP contribution in [0.25, 0.3) is 0 Å². The van der Waals surface area contributed by atoms with Crippen molar-refractivity contribution in [2.45, 2.75) is 30.7 Å². The molecule has 0 radical (unpaired) electrons. The van der Waals surface area contributed by atoms with Crippen LogP contribution < -0.4 is 5.73 Å². The van der Waals surface area contributed by atoms with Crippen LogP contribution in [0, 0.1) is 6.92 Å². The van der Waals surface area contributed by atoms with E-state index in [1.165, 1.54) is 10.4 Å². The van der Waals surface area contributed by atoms with Gasteiger partial charge < -0.3 is 5.73 Å². The van der Waals surface area contributed by atoms with E-state index in [9.17, 15) is 8.42 Å². The fraction of sp³-hybridized carbons (Fsp3) is 0.385. The zero-order valence-electron chi connectivity index (χ0n) is 10.8. The summed E-state index contributed by atoms with van der Waals surface area (Å²) in [7, 11) is -3.62. The van der Waals surface area contributed by atoms with Crippen molar-refractivity contribution in [2.75, 3.05) is 12.3 Å². The Labute approximate surface area is 118 Å². The van der Waals surface area contributed by atoms with Crippen LogP contribution in [-0.2, 0) is 10.0 Å². The number of nitrogens with zero attached hydrogens (tertiary/aromatic N) is 1. The second-order valence-electron chi connectivity index (χ2n) is 4.73. The molecule has 0 aliphatic heterocycles. The summed E-state index contributed by atoms with van der Waals surface area (Å²) < 4.78 is 26.7. The molecule has 0 unspecified atom stereocenters. The Bertz CT molecular complexity index is 609. The number of anilines is 1. The fourth-order valence-electron chi connectivity index (χ4n) is 1.93. The first-order chi connectivity index (χ1) is 8.87. The van der Waals surface area contributed by atoms with Gasteiger partial charge in [0.1, 0.15) is 4.90 Å². The summed E-state index contributed by atoms with van der Waals surface area (Å²) in [5.74, 6) is 0. The second kappa shape index (κ2) is 5.15. The smallest absolute Gasteiger partial charge is 0.245 e. The summed E-state index contributed by atoms with van der Waals surface area (Å²) in [6, 6.07) is 3.08. The number of nitrogen functional groups attached to an aromatic ring is 1. The number of benzene rings is 1. The first-order valence-electron chi connectivity index (χ1n) is 6.06. The number of hydrogen-bond acceptors (Lipinski definition) is 3. The topological polar surface area (TPSA) is 63.4 Å². The Morgan fingerprint density at radius 2 is 2.16 bits per heavy atom. The average Bonchev–Trinajstić information content (AvgIpc) is 3.14. The third-order valence-corrected chi connectivity index (χ3v) is 5.55. The van der Waals surface area contributed by atoms with Crippen LogP contribution in [-0.4, -0.2) is 25.3 Å². The van der Waals surface area contributed by atoms with Gasteiger partial charge in [0.15, 0.2) is 0 Å². The van der Waals surface area contributed by atoms with E-state index in [-0.39, 0.29) is 22.5 Å². The van der Waals surface area contributed by atoms with Gasteiger partial charge in [-0.25, -0.2) is 8.42 Å². The van der Waals surface area contributed by atoms with Crippen molar-refractivity contribution in [2.24, 2.45) is 0 Å². The number of aryl methyl sites for hydroxylation is 1. The van der Waals surface area contributed by atoms with Gasteiger partial charge in [0.2, 0.25) is 10.0 Å². The predicted molar refractivity (Wildman–Crippen MR) is 77.7 cm³/mol. The molecule has 1 aromatic carbocycles. The van der Waals surface area contributed by atoms with Crippen molar-refractivity contribution < 1.29 is 8.42 Å². The molecule has 1 aliphatic rings. The zero-order valence-corrected chi connectivity index (χ0v) is 12.3. The number of nitrogens with two attached hydrogens (primary N) is 1. The first-order valence-corrected chi connectivity index (χ1v) is 7.88. The van der Waals surface area contributed by atoms with Crippen LogP contribution in [0.3, 0.4) is 0 Å². The van der Waals surface area contributed by atoms with Crippen molar-refractivity contribution >= 4 is 27.3 Å². The quantitative estimate of drug-likeness (QED) is 0.671. The molecule has 1 fully saturated rings. The van der Waals surface area contributed by atoms with E-state index >= 15 is 0 Å². The molecule has 6 heteroatoms. The third-order valence-electron chi connectivity index (χ3n) is 3.17. The van der Waals surface area contributed by atoms with Gasteiger partial charge in [-0.3, -0.25) is 0 Å². The molecule has 0 amide bonds. The first kappa shape index (κ1) is 14.4. The van der Waals surface area contributed by atoms with Gasteiger partial charge in [-0.1, -0.05) is 17.7 Å². The number of halogens is 1. The van der Waals surface area contributed by atoms with Crippen molar-refractivity contribution in [1.82, 2.24) is 4.31 Å². The van der Waals surface area contributed by atoms with E-state index in [4.69, 9.17) is 17.3 Å². The van der Waals surface area contributed by atoms with Crippen LogP contribution >= 0.6 is 11.6 Å². The van der Waals surface area contributed by atoms with E-state index in [0.29, 0.717) is 5.69 Å². The average molecular weight is 301 g/mol. The maximum absolute atomic E-state index is 12.6. The standard InChI is InChI=1S/C13H17ClN2O2S/c1-3-6-16(10-4-5-10)19(17,18)13-8-12(15)9(2)7-11(13)14/h3,7-8,10H,1,4-6,15H2,2H3. The van der Waals surface area contributed by atoms with Crippen LogP contribution in [0.15, 0.2) is 29.7 Å². The Morgan fingerprint density at radius 1 is 1.53 bits per heavy atom. The van der Waals surface area contributed by atoms with Crippen LogP contribution in [0.2, 0.25) is 5.02 Å². The fourth-order valence-corrected chi connectivity index (χ4v) is 4.18. The van der Waals surface area contributed by atoms with Gasteiger partial charge in [-0.2, -0.15) is 4.31 Å². The zero-order chi connectivity index (χ0) is 14.2. The van der Waals surface area contributed by atoms with Crippen LogP contribution in [0.5, 0.6) is 0 Å². The van der Waals surface area contributed by atoms with Gasteiger partial charge >= 0.3 is 0 Å². The predicted octanol–water partition coefficient (Wildman–Crippen LogP) is 2.57. The molecular weight excluding hydrogens is 284 g/mol. The Balaban J connectivity index is 2.48. The third kappa shape index (κ3) is 2.78.